The van der Waals surface area contributed by atoms with Gasteiger partial charge < -0.3 is 4.90 Å². The van der Waals surface area contributed by atoms with Gasteiger partial charge in [-0.25, -0.2) is 0 Å². The Kier molecular flexibility index (Phi) is 4.64. The molecule has 13 heavy (non-hydrogen) atoms. The van der Waals surface area contributed by atoms with Gasteiger partial charge in [0.25, 0.3) is 0 Å². The van der Waals surface area contributed by atoms with Gasteiger partial charge in [0.05, 0.1) is 6.07 Å². The fourth-order valence-corrected chi connectivity index (χ4v) is 1.10. The third-order valence-electron chi connectivity index (χ3n) is 2.24. The summed E-state index contributed by atoms with van der Waals surface area (Å²) in [5, 5.41) is 8.91. The van der Waals surface area contributed by atoms with Crippen LogP contribution >= 0.6 is 0 Å². The number of nitriles is 1. The summed E-state index contributed by atoms with van der Waals surface area (Å²) in [4.78, 5) is 13.4. The lowest BCUT2D eigenvalue weighted by Gasteiger charge is -2.21. The average Bonchev–Trinajstić information content (AvgIpc) is 2.12. The topological polar surface area (TPSA) is 44.1 Å². The number of carbonyl (C=O) groups is 1. The van der Waals surface area contributed by atoms with E-state index in [9.17, 15) is 4.79 Å². The van der Waals surface area contributed by atoms with Gasteiger partial charge in [-0.2, -0.15) is 5.26 Å². The zero-order valence-corrected chi connectivity index (χ0v) is 8.92. The van der Waals surface area contributed by atoms with Gasteiger partial charge >= 0.3 is 0 Å². The number of hydrogen-bond donors (Lipinski definition) is 0. The van der Waals surface area contributed by atoms with Crippen molar-refractivity contribution in [3.63, 3.8) is 0 Å². The smallest absolute Gasteiger partial charge is 0.152 e. The van der Waals surface area contributed by atoms with Crippen molar-refractivity contribution < 1.29 is 4.79 Å². The maximum absolute atomic E-state index is 11.4. The van der Waals surface area contributed by atoms with E-state index >= 15 is 0 Å². The Morgan fingerprint density at radius 2 is 2.08 bits per heavy atom. The van der Waals surface area contributed by atoms with Crippen LogP contribution in [0.3, 0.4) is 0 Å². The van der Waals surface area contributed by atoms with Crippen molar-refractivity contribution in [2.24, 2.45) is 5.41 Å². The molecule has 0 amide bonds. The van der Waals surface area contributed by atoms with E-state index in [1.165, 1.54) is 0 Å². The van der Waals surface area contributed by atoms with E-state index in [1.54, 1.807) is 13.8 Å². The third-order valence-corrected chi connectivity index (χ3v) is 2.24. The molecule has 0 fully saturated rings. The number of rotatable bonds is 5. The molecule has 0 heterocycles. The number of ketones is 1. The molecule has 3 heteroatoms. The molecule has 0 aliphatic heterocycles. The maximum Gasteiger partial charge on any atom is 0.152 e. The Morgan fingerprint density at radius 3 is 2.38 bits per heavy atom. The van der Waals surface area contributed by atoms with E-state index in [0.717, 1.165) is 6.54 Å². The van der Waals surface area contributed by atoms with Crippen LogP contribution in [-0.4, -0.2) is 31.3 Å². The lowest BCUT2D eigenvalue weighted by molar-refractivity contribution is -0.125. The average molecular weight is 182 g/mol. The van der Waals surface area contributed by atoms with Crippen molar-refractivity contribution in [1.82, 2.24) is 4.90 Å². The lowest BCUT2D eigenvalue weighted by Crippen LogP contribution is -2.29. The predicted octanol–water partition coefficient (Wildman–Crippen LogP) is 1.45. The van der Waals surface area contributed by atoms with Crippen LogP contribution < -0.4 is 0 Å². The summed E-state index contributed by atoms with van der Waals surface area (Å²) in [7, 11) is 3.88. The molecule has 0 bridgehead atoms. The Bertz CT molecular complexity index is 217. The minimum absolute atomic E-state index is 0.0388. The van der Waals surface area contributed by atoms with Gasteiger partial charge in [0.15, 0.2) is 5.78 Å². The molecule has 1 unspecified atom stereocenters. The summed E-state index contributed by atoms with van der Waals surface area (Å²) in [5.41, 5.74) is -0.793. The molecule has 0 aromatic rings. The van der Waals surface area contributed by atoms with Crippen molar-refractivity contribution in [2.75, 3.05) is 20.6 Å². The first kappa shape index (κ1) is 12.1. The summed E-state index contributed by atoms with van der Waals surface area (Å²) in [5.74, 6) is 0.0388. The van der Waals surface area contributed by atoms with Gasteiger partial charge in [-0.15, -0.1) is 0 Å². The van der Waals surface area contributed by atoms with Gasteiger partial charge in [-0.1, -0.05) is 6.92 Å². The first-order valence-electron chi connectivity index (χ1n) is 4.55. The first-order chi connectivity index (χ1) is 5.96. The van der Waals surface area contributed by atoms with Crippen molar-refractivity contribution in [3.05, 3.63) is 0 Å². The molecule has 74 valence electrons. The molecule has 0 aliphatic rings. The number of hydrogen-bond acceptors (Lipinski definition) is 3. The molecule has 0 N–H and O–H groups in total. The highest BCUT2D eigenvalue weighted by Gasteiger charge is 2.31. The standard InChI is InChI=1S/C10H18N2O/c1-5-9(13)10(2,8-11)6-7-12(3)4/h5-7H2,1-4H3. The van der Waals surface area contributed by atoms with Crippen LogP contribution in [-0.2, 0) is 4.79 Å². The Labute approximate surface area is 80.3 Å². The molecule has 3 nitrogen and oxygen atoms in total. The van der Waals surface area contributed by atoms with E-state index in [0.29, 0.717) is 12.8 Å². The molecule has 0 saturated heterocycles. The van der Waals surface area contributed by atoms with Crippen molar-refractivity contribution in [2.45, 2.75) is 26.7 Å². The summed E-state index contributed by atoms with van der Waals surface area (Å²) >= 11 is 0. The van der Waals surface area contributed by atoms with Gasteiger partial charge in [0, 0.05) is 6.42 Å². The molecular weight excluding hydrogens is 164 g/mol. The molecule has 0 aliphatic carbocycles. The summed E-state index contributed by atoms with van der Waals surface area (Å²) in [6.45, 7) is 4.30. The van der Waals surface area contributed by atoms with Gasteiger partial charge in [-0.05, 0) is 34.0 Å². The van der Waals surface area contributed by atoms with Gasteiger partial charge in [-0.3, -0.25) is 4.79 Å². The highest BCUT2D eigenvalue weighted by molar-refractivity contribution is 5.86. The number of carbonyl (C=O) groups excluding carboxylic acids is 1. The zero-order chi connectivity index (χ0) is 10.5. The van der Waals surface area contributed by atoms with Crippen molar-refractivity contribution in [3.8, 4) is 6.07 Å². The fourth-order valence-electron chi connectivity index (χ4n) is 1.10. The summed E-state index contributed by atoms with van der Waals surface area (Å²) in [6.07, 6.45) is 1.06. The van der Waals surface area contributed by atoms with E-state index in [1.807, 2.05) is 19.0 Å². The number of nitrogens with zero attached hydrogens (tertiary/aromatic N) is 2. The van der Waals surface area contributed by atoms with Gasteiger partial charge in [0.2, 0.25) is 0 Å². The summed E-state index contributed by atoms with van der Waals surface area (Å²) in [6, 6.07) is 2.11. The molecule has 0 radical (unpaired) electrons. The highest BCUT2D eigenvalue weighted by Crippen LogP contribution is 2.23. The van der Waals surface area contributed by atoms with E-state index in [2.05, 4.69) is 6.07 Å². The second-order valence-corrected chi connectivity index (χ2v) is 3.77. The Balaban J connectivity index is 4.31. The van der Waals surface area contributed by atoms with Crippen molar-refractivity contribution in [1.29, 1.82) is 5.26 Å². The van der Waals surface area contributed by atoms with Gasteiger partial charge in [0.1, 0.15) is 5.41 Å². The second kappa shape index (κ2) is 4.98. The first-order valence-corrected chi connectivity index (χ1v) is 4.55. The summed E-state index contributed by atoms with van der Waals surface area (Å²) < 4.78 is 0. The van der Waals surface area contributed by atoms with Crippen molar-refractivity contribution >= 4 is 5.78 Å². The zero-order valence-electron chi connectivity index (χ0n) is 8.92. The molecule has 0 aromatic heterocycles. The molecule has 0 spiro atoms. The monoisotopic (exact) mass is 182 g/mol. The van der Waals surface area contributed by atoms with Crippen LogP contribution in [0.5, 0.6) is 0 Å². The van der Waals surface area contributed by atoms with Crippen LogP contribution in [0.25, 0.3) is 0 Å². The highest BCUT2D eigenvalue weighted by atomic mass is 16.1. The van der Waals surface area contributed by atoms with Crippen LogP contribution in [0.2, 0.25) is 0 Å². The SMILES string of the molecule is CCC(=O)C(C)(C#N)CCN(C)C. The van der Waals surface area contributed by atoms with E-state index in [-0.39, 0.29) is 5.78 Å². The fraction of sp³-hybridized carbons (Fsp3) is 0.800. The Morgan fingerprint density at radius 1 is 1.54 bits per heavy atom. The quantitative estimate of drug-likeness (QED) is 0.646. The van der Waals surface area contributed by atoms with Crippen LogP contribution in [0.1, 0.15) is 26.7 Å². The van der Waals surface area contributed by atoms with Crippen LogP contribution in [0.4, 0.5) is 0 Å². The van der Waals surface area contributed by atoms with E-state index in [4.69, 9.17) is 5.26 Å². The minimum atomic E-state index is -0.793. The molecule has 0 saturated carbocycles. The lowest BCUT2D eigenvalue weighted by atomic mass is 9.82. The maximum atomic E-state index is 11.4. The predicted molar refractivity (Wildman–Crippen MR) is 52.2 cm³/mol. The molecular formula is C10H18N2O. The Hall–Kier alpha value is -0.880. The second-order valence-electron chi connectivity index (χ2n) is 3.77. The minimum Gasteiger partial charge on any atom is -0.309 e. The van der Waals surface area contributed by atoms with Crippen LogP contribution in [0, 0.1) is 16.7 Å². The number of Topliss-reactive ketones (excluding diaryl/α,β-unsaturated/α-hetero) is 1. The van der Waals surface area contributed by atoms with E-state index < -0.39 is 5.41 Å². The molecule has 0 rings (SSSR count). The largest absolute Gasteiger partial charge is 0.309 e. The molecule has 0 aromatic carbocycles. The molecule has 1 atom stereocenters. The third kappa shape index (κ3) is 3.56. The van der Waals surface area contributed by atoms with Crippen LogP contribution in [0.15, 0.2) is 0 Å². The normalized spacial score (nSPS) is 15.1.